The van der Waals surface area contributed by atoms with Crippen LogP contribution in [0.5, 0.6) is 0 Å². The van der Waals surface area contributed by atoms with Crippen molar-refractivity contribution in [1.82, 2.24) is 15.2 Å². The van der Waals surface area contributed by atoms with Gasteiger partial charge in [-0.15, -0.1) is 0 Å². The largest absolute Gasteiger partial charge is 0.364 e. The second kappa shape index (κ2) is 6.14. The molecule has 0 aliphatic carbocycles. The molecule has 4 N–H and O–H groups in total. The van der Waals surface area contributed by atoms with Gasteiger partial charge in [0.1, 0.15) is 11.5 Å². The van der Waals surface area contributed by atoms with E-state index < -0.39 is 5.91 Å². The summed E-state index contributed by atoms with van der Waals surface area (Å²) in [6, 6.07) is 4.90. The Morgan fingerprint density at radius 1 is 1.37 bits per heavy atom. The van der Waals surface area contributed by atoms with E-state index in [2.05, 4.69) is 15.6 Å². The minimum absolute atomic E-state index is 0.0211. The van der Waals surface area contributed by atoms with E-state index >= 15 is 0 Å². The number of aromatic nitrogens is 1. The maximum Gasteiger partial charge on any atom is 0.267 e. The van der Waals surface area contributed by atoms with E-state index in [-0.39, 0.29) is 18.1 Å². The minimum Gasteiger partial charge on any atom is -0.364 e. The van der Waals surface area contributed by atoms with Crippen molar-refractivity contribution in [2.24, 2.45) is 5.73 Å². The lowest BCUT2D eigenvalue weighted by Crippen LogP contribution is -2.48. The van der Waals surface area contributed by atoms with Crippen molar-refractivity contribution in [3.63, 3.8) is 0 Å². The van der Waals surface area contributed by atoms with E-state index in [9.17, 15) is 9.59 Å². The Hall–Kier alpha value is -2.15. The summed E-state index contributed by atoms with van der Waals surface area (Å²) < 4.78 is 0. The highest BCUT2D eigenvalue weighted by atomic mass is 16.2. The average Bonchev–Trinajstić information content (AvgIpc) is 2.46. The molecule has 2 amide bonds. The SMILES string of the molecule is NC(=O)c1cccc(NCC(=O)N2CCNCC2)n1. The first-order valence-electron chi connectivity index (χ1n) is 6.16. The first kappa shape index (κ1) is 13.3. The first-order chi connectivity index (χ1) is 9.16. The Morgan fingerprint density at radius 2 is 2.11 bits per heavy atom. The van der Waals surface area contributed by atoms with Crippen molar-refractivity contribution < 1.29 is 9.59 Å². The number of rotatable bonds is 4. The molecule has 0 atom stereocenters. The Kier molecular flexibility index (Phi) is 4.30. The summed E-state index contributed by atoms with van der Waals surface area (Å²) in [6.07, 6.45) is 0. The fourth-order valence-corrected chi connectivity index (χ4v) is 1.86. The zero-order valence-corrected chi connectivity index (χ0v) is 10.6. The molecule has 2 heterocycles. The van der Waals surface area contributed by atoms with Gasteiger partial charge in [-0.05, 0) is 12.1 Å². The number of nitrogens with zero attached hydrogens (tertiary/aromatic N) is 2. The van der Waals surface area contributed by atoms with Crippen LogP contribution in [0, 0.1) is 0 Å². The van der Waals surface area contributed by atoms with Gasteiger partial charge < -0.3 is 21.3 Å². The molecule has 0 spiro atoms. The van der Waals surface area contributed by atoms with E-state index in [1.807, 2.05) is 0 Å². The third-order valence-electron chi connectivity index (χ3n) is 2.89. The van der Waals surface area contributed by atoms with E-state index in [1.165, 1.54) is 6.07 Å². The number of primary amides is 1. The van der Waals surface area contributed by atoms with Crippen LogP contribution in [0.1, 0.15) is 10.5 Å². The number of amides is 2. The topological polar surface area (TPSA) is 100 Å². The van der Waals surface area contributed by atoms with Crippen LogP contribution < -0.4 is 16.4 Å². The minimum atomic E-state index is -0.586. The van der Waals surface area contributed by atoms with Crippen LogP contribution in [-0.2, 0) is 4.79 Å². The molecule has 0 saturated carbocycles. The van der Waals surface area contributed by atoms with Crippen LogP contribution in [0.3, 0.4) is 0 Å². The molecule has 19 heavy (non-hydrogen) atoms. The number of anilines is 1. The molecule has 7 heteroatoms. The zero-order valence-electron chi connectivity index (χ0n) is 10.6. The molecule has 2 rings (SSSR count). The number of carbonyl (C=O) groups is 2. The van der Waals surface area contributed by atoms with Crippen LogP contribution >= 0.6 is 0 Å². The molecular weight excluding hydrogens is 246 g/mol. The smallest absolute Gasteiger partial charge is 0.267 e. The fraction of sp³-hybridized carbons (Fsp3) is 0.417. The maximum absolute atomic E-state index is 11.9. The summed E-state index contributed by atoms with van der Waals surface area (Å²) in [7, 11) is 0. The lowest BCUT2D eigenvalue weighted by atomic mass is 10.3. The predicted octanol–water partition coefficient (Wildman–Crippen LogP) is -0.976. The molecule has 0 aromatic carbocycles. The Morgan fingerprint density at radius 3 is 2.79 bits per heavy atom. The standard InChI is InChI=1S/C12H17N5O2/c13-12(19)9-2-1-3-10(16-9)15-8-11(18)17-6-4-14-5-7-17/h1-3,14H,4-8H2,(H2,13,19)(H,15,16). The third-order valence-corrected chi connectivity index (χ3v) is 2.89. The second-order valence-corrected chi connectivity index (χ2v) is 4.26. The van der Waals surface area contributed by atoms with Crippen molar-refractivity contribution in [3.05, 3.63) is 23.9 Å². The summed E-state index contributed by atoms with van der Waals surface area (Å²) in [5.74, 6) is -0.0929. The molecule has 1 aromatic rings. The molecule has 0 unspecified atom stereocenters. The first-order valence-corrected chi connectivity index (χ1v) is 6.16. The lowest BCUT2D eigenvalue weighted by molar-refractivity contribution is -0.129. The van der Waals surface area contributed by atoms with Gasteiger partial charge in [-0.25, -0.2) is 4.98 Å². The second-order valence-electron chi connectivity index (χ2n) is 4.26. The van der Waals surface area contributed by atoms with Crippen LogP contribution in [0.15, 0.2) is 18.2 Å². The van der Waals surface area contributed by atoms with Gasteiger partial charge in [0.25, 0.3) is 5.91 Å². The fourth-order valence-electron chi connectivity index (χ4n) is 1.86. The van der Waals surface area contributed by atoms with Crippen LogP contribution in [0.25, 0.3) is 0 Å². The molecular formula is C12H17N5O2. The highest BCUT2D eigenvalue weighted by molar-refractivity contribution is 5.91. The van der Waals surface area contributed by atoms with Crippen molar-refractivity contribution >= 4 is 17.6 Å². The number of piperazine rings is 1. The van der Waals surface area contributed by atoms with Crippen LogP contribution in [0.2, 0.25) is 0 Å². The van der Waals surface area contributed by atoms with Gasteiger partial charge in [-0.3, -0.25) is 9.59 Å². The molecule has 1 saturated heterocycles. The number of hydrogen-bond donors (Lipinski definition) is 3. The highest BCUT2D eigenvalue weighted by Gasteiger charge is 2.15. The Labute approximate surface area is 111 Å². The van der Waals surface area contributed by atoms with E-state index in [0.717, 1.165) is 26.2 Å². The molecule has 0 radical (unpaired) electrons. The summed E-state index contributed by atoms with van der Waals surface area (Å²) in [4.78, 5) is 28.7. The Bertz CT molecular complexity index is 471. The summed E-state index contributed by atoms with van der Waals surface area (Å²) >= 11 is 0. The molecule has 102 valence electrons. The van der Waals surface area contributed by atoms with Gasteiger partial charge in [0, 0.05) is 26.2 Å². The monoisotopic (exact) mass is 263 g/mol. The van der Waals surface area contributed by atoms with Crippen molar-refractivity contribution in [1.29, 1.82) is 0 Å². The third kappa shape index (κ3) is 3.65. The molecule has 1 fully saturated rings. The average molecular weight is 263 g/mol. The normalized spacial score (nSPS) is 15.1. The van der Waals surface area contributed by atoms with Gasteiger partial charge in [0.2, 0.25) is 5.91 Å². The number of nitrogens with two attached hydrogens (primary N) is 1. The van der Waals surface area contributed by atoms with Gasteiger partial charge in [-0.1, -0.05) is 6.07 Å². The highest BCUT2D eigenvalue weighted by Crippen LogP contribution is 2.04. The Balaban J connectivity index is 1.89. The summed E-state index contributed by atoms with van der Waals surface area (Å²) in [5.41, 5.74) is 5.32. The van der Waals surface area contributed by atoms with E-state index in [4.69, 9.17) is 5.73 Å². The number of pyridine rings is 1. The van der Waals surface area contributed by atoms with Crippen molar-refractivity contribution in [2.45, 2.75) is 0 Å². The van der Waals surface area contributed by atoms with Crippen LogP contribution in [-0.4, -0.2) is 54.4 Å². The lowest BCUT2D eigenvalue weighted by Gasteiger charge is -2.27. The van der Waals surface area contributed by atoms with Gasteiger partial charge >= 0.3 is 0 Å². The van der Waals surface area contributed by atoms with Gasteiger partial charge in [0.05, 0.1) is 6.54 Å². The summed E-state index contributed by atoms with van der Waals surface area (Å²) in [6.45, 7) is 3.24. The number of carbonyl (C=O) groups excluding carboxylic acids is 2. The van der Waals surface area contributed by atoms with Gasteiger partial charge in [-0.2, -0.15) is 0 Å². The van der Waals surface area contributed by atoms with Crippen LogP contribution in [0.4, 0.5) is 5.82 Å². The molecule has 0 bridgehead atoms. The maximum atomic E-state index is 11.9. The van der Waals surface area contributed by atoms with Gasteiger partial charge in [0.15, 0.2) is 0 Å². The van der Waals surface area contributed by atoms with E-state index in [1.54, 1.807) is 17.0 Å². The quantitative estimate of drug-likeness (QED) is 0.648. The molecule has 1 aliphatic heterocycles. The van der Waals surface area contributed by atoms with Crippen molar-refractivity contribution in [3.8, 4) is 0 Å². The van der Waals surface area contributed by atoms with E-state index in [0.29, 0.717) is 5.82 Å². The molecule has 7 nitrogen and oxygen atoms in total. The van der Waals surface area contributed by atoms with Crippen molar-refractivity contribution in [2.75, 3.05) is 38.0 Å². The number of hydrogen-bond acceptors (Lipinski definition) is 5. The summed E-state index contributed by atoms with van der Waals surface area (Å²) in [5, 5.41) is 6.09. The zero-order chi connectivity index (χ0) is 13.7. The molecule has 1 aromatic heterocycles. The molecule has 1 aliphatic rings. The predicted molar refractivity (Wildman–Crippen MR) is 70.7 cm³/mol. The number of nitrogens with one attached hydrogen (secondary N) is 2.